The molecule has 1 aromatic heterocycles. The molecule has 96 valence electrons. The minimum Gasteiger partial charge on any atom is -0.309 e. The Hall–Kier alpha value is -0.900. The maximum atomic E-state index is 4.26. The van der Waals surface area contributed by atoms with Crippen LogP contribution in [0.5, 0.6) is 0 Å². The van der Waals surface area contributed by atoms with Crippen LogP contribution in [0.4, 0.5) is 0 Å². The van der Waals surface area contributed by atoms with E-state index in [1.165, 1.54) is 19.3 Å². The molecule has 0 aromatic carbocycles. The monoisotopic (exact) mass is 236 g/mol. The SMILES string of the molecule is CCNC(c1cn[nH]n1)C1CCC(C)C(C)C1. The van der Waals surface area contributed by atoms with Crippen molar-refractivity contribution in [2.45, 2.75) is 46.1 Å². The van der Waals surface area contributed by atoms with Crippen LogP contribution >= 0.6 is 0 Å². The summed E-state index contributed by atoms with van der Waals surface area (Å²) in [5, 5.41) is 14.5. The van der Waals surface area contributed by atoms with Gasteiger partial charge in [-0.3, -0.25) is 0 Å². The van der Waals surface area contributed by atoms with E-state index in [4.69, 9.17) is 0 Å². The molecule has 2 rings (SSSR count). The number of nitrogens with one attached hydrogen (secondary N) is 2. The van der Waals surface area contributed by atoms with Crippen LogP contribution in [0, 0.1) is 17.8 Å². The van der Waals surface area contributed by atoms with E-state index in [0.29, 0.717) is 12.0 Å². The van der Waals surface area contributed by atoms with Crippen LogP contribution in [-0.4, -0.2) is 22.0 Å². The van der Waals surface area contributed by atoms with Crippen molar-refractivity contribution in [2.75, 3.05) is 6.54 Å². The molecule has 1 fully saturated rings. The molecule has 4 unspecified atom stereocenters. The molecule has 0 bridgehead atoms. The number of rotatable bonds is 4. The van der Waals surface area contributed by atoms with E-state index in [1.807, 2.05) is 6.20 Å². The molecule has 0 aliphatic heterocycles. The summed E-state index contributed by atoms with van der Waals surface area (Å²) in [6, 6.07) is 0.369. The highest BCUT2D eigenvalue weighted by Crippen LogP contribution is 2.39. The second-order valence-electron chi connectivity index (χ2n) is 5.46. The van der Waals surface area contributed by atoms with Gasteiger partial charge in [0, 0.05) is 0 Å². The van der Waals surface area contributed by atoms with E-state index in [-0.39, 0.29) is 0 Å². The summed E-state index contributed by atoms with van der Waals surface area (Å²) in [7, 11) is 0. The Balaban J connectivity index is 2.06. The van der Waals surface area contributed by atoms with Crippen molar-refractivity contribution in [1.82, 2.24) is 20.7 Å². The molecule has 17 heavy (non-hydrogen) atoms. The molecule has 4 nitrogen and oxygen atoms in total. The maximum absolute atomic E-state index is 4.26. The summed E-state index contributed by atoms with van der Waals surface area (Å²) >= 11 is 0. The number of aromatic amines is 1. The van der Waals surface area contributed by atoms with E-state index in [0.717, 1.165) is 24.1 Å². The maximum Gasteiger partial charge on any atom is 0.0996 e. The molecule has 4 heteroatoms. The molecule has 1 aliphatic carbocycles. The lowest BCUT2D eigenvalue weighted by Crippen LogP contribution is -2.33. The van der Waals surface area contributed by atoms with Gasteiger partial charge in [0.2, 0.25) is 0 Å². The Bertz CT molecular complexity index is 322. The average molecular weight is 236 g/mol. The zero-order valence-electron chi connectivity index (χ0n) is 11.1. The zero-order valence-corrected chi connectivity index (χ0v) is 11.1. The lowest BCUT2D eigenvalue weighted by atomic mass is 9.72. The minimum atomic E-state index is 0.369. The highest BCUT2D eigenvalue weighted by molar-refractivity contribution is 5.03. The van der Waals surface area contributed by atoms with Crippen molar-refractivity contribution in [1.29, 1.82) is 0 Å². The standard InChI is InChI=1S/C13H24N4/c1-4-14-13(12-8-15-17-16-12)11-6-5-9(2)10(3)7-11/h8-11,13-14H,4-7H2,1-3H3,(H,15,16,17). The minimum absolute atomic E-state index is 0.369. The van der Waals surface area contributed by atoms with Gasteiger partial charge < -0.3 is 5.32 Å². The topological polar surface area (TPSA) is 53.6 Å². The summed E-state index contributed by atoms with van der Waals surface area (Å²) in [5.41, 5.74) is 1.07. The molecule has 0 saturated heterocycles. The fourth-order valence-corrected chi connectivity index (χ4v) is 2.98. The van der Waals surface area contributed by atoms with Crippen LogP contribution in [0.2, 0.25) is 0 Å². The van der Waals surface area contributed by atoms with Gasteiger partial charge in [-0.25, -0.2) is 0 Å². The summed E-state index contributed by atoms with van der Waals surface area (Å²) in [6.07, 6.45) is 5.79. The summed E-state index contributed by atoms with van der Waals surface area (Å²) in [5.74, 6) is 2.39. The normalized spacial score (nSPS) is 31.4. The molecule has 2 N–H and O–H groups in total. The van der Waals surface area contributed by atoms with E-state index in [2.05, 4.69) is 41.5 Å². The molecule has 0 spiro atoms. The quantitative estimate of drug-likeness (QED) is 0.844. The number of hydrogen-bond donors (Lipinski definition) is 2. The Morgan fingerprint density at radius 2 is 2.24 bits per heavy atom. The fourth-order valence-electron chi connectivity index (χ4n) is 2.98. The Morgan fingerprint density at radius 3 is 2.82 bits per heavy atom. The van der Waals surface area contributed by atoms with E-state index < -0.39 is 0 Å². The first-order valence-corrected chi connectivity index (χ1v) is 6.81. The first kappa shape index (κ1) is 12.6. The Kier molecular flexibility index (Phi) is 4.15. The molecule has 1 aromatic rings. The van der Waals surface area contributed by atoms with Gasteiger partial charge in [0.05, 0.1) is 17.9 Å². The third-order valence-electron chi connectivity index (χ3n) is 4.29. The highest BCUT2D eigenvalue weighted by Gasteiger charge is 2.31. The zero-order chi connectivity index (χ0) is 12.3. The van der Waals surface area contributed by atoms with Crippen LogP contribution in [0.1, 0.15) is 51.8 Å². The van der Waals surface area contributed by atoms with Crippen molar-refractivity contribution < 1.29 is 0 Å². The van der Waals surface area contributed by atoms with Crippen LogP contribution < -0.4 is 5.32 Å². The second-order valence-corrected chi connectivity index (χ2v) is 5.46. The second kappa shape index (κ2) is 5.63. The van der Waals surface area contributed by atoms with Gasteiger partial charge in [-0.05, 0) is 37.1 Å². The molecular formula is C13H24N4. The number of hydrogen-bond acceptors (Lipinski definition) is 3. The number of H-pyrrole nitrogens is 1. The molecule has 4 atom stereocenters. The van der Waals surface area contributed by atoms with Gasteiger partial charge in [0.1, 0.15) is 0 Å². The molecule has 1 aliphatic rings. The highest BCUT2D eigenvalue weighted by atomic mass is 15.3. The van der Waals surface area contributed by atoms with E-state index in [1.54, 1.807) is 0 Å². The lowest BCUT2D eigenvalue weighted by molar-refractivity contribution is 0.170. The van der Waals surface area contributed by atoms with Gasteiger partial charge in [-0.15, -0.1) is 0 Å². The van der Waals surface area contributed by atoms with Gasteiger partial charge in [0.25, 0.3) is 0 Å². The van der Waals surface area contributed by atoms with Crippen LogP contribution in [-0.2, 0) is 0 Å². The number of nitrogens with zero attached hydrogens (tertiary/aromatic N) is 2. The summed E-state index contributed by atoms with van der Waals surface area (Å²) < 4.78 is 0. The van der Waals surface area contributed by atoms with Gasteiger partial charge >= 0.3 is 0 Å². The summed E-state index contributed by atoms with van der Waals surface area (Å²) in [4.78, 5) is 0. The first-order chi connectivity index (χ1) is 8.22. The predicted octanol–water partition coefficient (Wildman–Crippen LogP) is 2.53. The Morgan fingerprint density at radius 1 is 1.41 bits per heavy atom. The first-order valence-electron chi connectivity index (χ1n) is 6.81. The van der Waals surface area contributed by atoms with Crippen LogP contribution in [0.15, 0.2) is 6.20 Å². The summed E-state index contributed by atoms with van der Waals surface area (Å²) in [6.45, 7) is 7.89. The lowest BCUT2D eigenvalue weighted by Gasteiger charge is -2.36. The number of aromatic nitrogens is 3. The van der Waals surface area contributed by atoms with Gasteiger partial charge in [0.15, 0.2) is 0 Å². The van der Waals surface area contributed by atoms with Crippen molar-refractivity contribution in [3.05, 3.63) is 11.9 Å². The molecule has 1 heterocycles. The largest absolute Gasteiger partial charge is 0.309 e. The molecular weight excluding hydrogens is 212 g/mol. The molecule has 0 radical (unpaired) electrons. The molecule has 0 amide bonds. The average Bonchev–Trinajstić information content (AvgIpc) is 2.83. The predicted molar refractivity (Wildman–Crippen MR) is 68.5 cm³/mol. The fraction of sp³-hybridized carbons (Fsp3) is 0.846. The van der Waals surface area contributed by atoms with Crippen molar-refractivity contribution in [3.8, 4) is 0 Å². The van der Waals surface area contributed by atoms with Gasteiger partial charge in [-0.2, -0.15) is 15.4 Å². The van der Waals surface area contributed by atoms with Crippen molar-refractivity contribution in [2.24, 2.45) is 17.8 Å². The molecule has 1 saturated carbocycles. The van der Waals surface area contributed by atoms with E-state index in [9.17, 15) is 0 Å². The van der Waals surface area contributed by atoms with Crippen LogP contribution in [0.3, 0.4) is 0 Å². The third kappa shape index (κ3) is 2.86. The van der Waals surface area contributed by atoms with Crippen molar-refractivity contribution in [3.63, 3.8) is 0 Å². The smallest absolute Gasteiger partial charge is 0.0996 e. The Labute approximate surface area is 104 Å². The third-order valence-corrected chi connectivity index (χ3v) is 4.29. The van der Waals surface area contributed by atoms with E-state index >= 15 is 0 Å². The van der Waals surface area contributed by atoms with Crippen LogP contribution in [0.25, 0.3) is 0 Å². The van der Waals surface area contributed by atoms with Gasteiger partial charge in [-0.1, -0.05) is 27.2 Å². The van der Waals surface area contributed by atoms with Crippen molar-refractivity contribution >= 4 is 0 Å².